The zero-order chi connectivity index (χ0) is 32.1. The molecule has 2 heteroatoms. The van der Waals surface area contributed by atoms with Gasteiger partial charge in [-0.15, -0.1) is 0 Å². The van der Waals surface area contributed by atoms with Gasteiger partial charge in [-0.3, -0.25) is 0 Å². The second kappa shape index (κ2) is 13.2. The number of nitrogens with one attached hydrogen (secondary N) is 1. The van der Waals surface area contributed by atoms with Gasteiger partial charge in [0.25, 0.3) is 0 Å². The predicted molar refractivity (Wildman–Crippen MR) is 205 cm³/mol. The molecule has 8 aromatic rings. The van der Waals surface area contributed by atoms with Gasteiger partial charge in [0.05, 0.1) is 0 Å². The summed E-state index contributed by atoms with van der Waals surface area (Å²) in [6.07, 6.45) is 0. The minimum atomic E-state index is 1.06. The lowest BCUT2D eigenvalue weighted by Gasteiger charge is -2.26. The van der Waals surface area contributed by atoms with Crippen LogP contribution in [0.5, 0.6) is 0 Å². The van der Waals surface area contributed by atoms with Crippen molar-refractivity contribution in [2.24, 2.45) is 0 Å². The van der Waals surface area contributed by atoms with Crippen molar-refractivity contribution in [3.8, 4) is 33.4 Å². The quantitative estimate of drug-likeness (QED) is 0.183. The summed E-state index contributed by atoms with van der Waals surface area (Å²) in [4.78, 5) is 2.33. The minimum absolute atomic E-state index is 1.06. The predicted octanol–water partition coefficient (Wildman–Crippen LogP) is 13.1. The van der Waals surface area contributed by atoms with Crippen LogP contribution >= 0.6 is 0 Å². The van der Waals surface area contributed by atoms with Gasteiger partial charge >= 0.3 is 0 Å². The molecule has 0 saturated heterocycles. The summed E-state index contributed by atoms with van der Waals surface area (Å²) >= 11 is 0. The molecule has 0 radical (unpaired) electrons. The van der Waals surface area contributed by atoms with Gasteiger partial charge in [0.1, 0.15) is 0 Å². The largest absolute Gasteiger partial charge is 0.356 e. The molecule has 2 nitrogen and oxygen atoms in total. The Bertz CT molecular complexity index is 2280. The number of hydrogen-bond acceptors (Lipinski definition) is 2. The molecule has 0 fully saturated rings. The highest BCUT2D eigenvalue weighted by molar-refractivity contribution is 5.90. The SMILES string of the molecule is c1ccc(Nc2ccc(-c3cc(-c4ccccc4)cc(-c4ccc(N(c5ccccc5)c5ccc6ccccc6c5)cc4)c3)cc2)cc1. The fourth-order valence-corrected chi connectivity index (χ4v) is 6.34. The summed E-state index contributed by atoms with van der Waals surface area (Å²) in [5, 5.41) is 5.96. The molecule has 0 saturated carbocycles. The highest BCUT2D eigenvalue weighted by Gasteiger charge is 2.14. The Labute approximate surface area is 282 Å². The third kappa shape index (κ3) is 6.20. The van der Waals surface area contributed by atoms with Crippen LogP contribution in [0.1, 0.15) is 0 Å². The van der Waals surface area contributed by atoms with E-state index in [1.54, 1.807) is 0 Å². The normalized spacial score (nSPS) is 10.9. The van der Waals surface area contributed by atoms with Crippen LogP contribution in [0.15, 0.2) is 200 Å². The number of fused-ring (bicyclic) bond motifs is 1. The van der Waals surface area contributed by atoms with E-state index in [-0.39, 0.29) is 0 Å². The molecular weight excluding hydrogens is 581 g/mol. The Morgan fingerprint density at radius 3 is 1.33 bits per heavy atom. The summed E-state index contributed by atoms with van der Waals surface area (Å²) in [6.45, 7) is 0. The molecule has 228 valence electrons. The maximum absolute atomic E-state index is 3.50. The molecule has 0 bridgehead atoms. The third-order valence-corrected chi connectivity index (χ3v) is 8.79. The fourth-order valence-electron chi connectivity index (χ4n) is 6.34. The molecule has 0 aliphatic carbocycles. The van der Waals surface area contributed by atoms with Crippen molar-refractivity contribution in [1.82, 2.24) is 0 Å². The number of benzene rings is 8. The van der Waals surface area contributed by atoms with Crippen molar-refractivity contribution in [2.45, 2.75) is 0 Å². The van der Waals surface area contributed by atoms with Crippen LogP contribution in [0.2, 0.25) is 0 Å². The van der Waals surface area contributed by atoms with Crippen LogP contribution in [-0.2, 0) is 0 Å². The average Bonchev–Trinajstić information content (AvgIpc) is 3.16. The van der Waals surface area contributed by atoms with Crippen molar-refractivity contribution < 1.29 is 0 Å². The molecule has 0 unspecified atom stereocenters. The molecule has 0 aromatic heterocycles. The van der Waals surface area contributed by atoms with Gasteiger partial charge in [-0.25, -0.2) is 0 Å². The van der Waals surface area contributed by atoms with E-state index >= 15 is 0 Å². The third-order valence-electron chi connectivity index (χ3n) is 8.79. The Kier molecular flexibility index (Phi) is 7.96. The van der Waals surface area contributed by atoms with Crippen molar-refractivity contribution in [2.75, 3.05) is 10.2 Å². The maximum Gasteiger partial charge on any atom is 0.0468 e. The van der Waals surface area contributed by atoms with Crippen LogP contribution < -0.4 is 10.2 Å². The van der Waals surface area contributed by atoms with Gasteiger partial charge in [-0.2, -0.15) is 0 Å². The molecule has 48 heavy (non-hydrogen) atoms. The Hall–Kier alpha value is -6.38. The summed E-state index contributed by atoms with van der Waals surface area (Å²) in [5.74, 6) is 0. The van der Waals surface area contributed by atoms with Gasteiger partial charge < -0.3 is 10.2 Å². The molecule has 0 aliphatic heterocycles. The Morgan fingerprint density at radius 1 is 0.271 bits per heavy atom. The number of hydrogen-bond donors (Lipinski definition) is 1. The van der Waals surface area contributed by atoms with Crippen molar-refractivity contribution in [1.29, 1.82) is 0 Å². The van der Waals surface area contributed by atoms with Crippen molar-refractivity contribution in [3.05, 3.63) is 200 Å². The molecule has 1 N–H and O–H groups in total. The smallest absolute Gasteiger partial charge is 0.0468 e. The van der Waals surface area contributed by atoms with Crippen LogP contribution in [0.25, 0.3) is 44.2 Å². The lowest BCUT2D eigenvalue weighted by atomic mass is 9.93. The zero-order valence-electron chi connectivity index (χ0n) is 26.5. The van der Waals surface area contributed by atoms with Gasteiger partial charge in [0, 0.05) is 28.4 Å². The fraction of sp³-hybridized carbons (Fsp3) is 0. The minimum Gasteiger partial charge on any atom is -0.356 e. The van der Waals surface area contributed by atoms with Crippen LogP contribution in [-0.4, -0.2) is 0 Å². The van der Waals surface area contributed by atoms with Crippen LogP contribution in [0.4, 0.5) is 28.4 Å². The average molecular weight is 615 g/mol. The molecule has 8 aromatic carbocycles. The molecule has 0 amide bonds. The van der Waals surface area contributed by atoms with Gasteiger partial charge in [0.15, 0.2) is 0 Å². The monoisotopic (exact) mass is 614 g/mol. The number of nitrogens with zero attached hydrogens (tertiary/aromatic N) is 1. The maximum atomic E-state index is 3.50. The summed E-state index contributed by atoms with van der Waals surface area (Å²) in [7, 11) is 0. The first kappa shape index (κ1) is 29.1. The summed E-state index contributed by atoms with van der Waals surface area (Å²) < 4.78 is 0. The van der Waals surface area contributed by atoms with E-state index in [1.807, 2.05) is 18.2 Å². The highest BCUT2D eigenvalue weighted by atomic mass is 15.1. The van der Waals surface area contributed by atoms with E-state index < -0.39 is 0 Å². The van der Waals surface area contributed by atoms with Gasteiger partial charge in [0.2, 0.25) is 0 Å². The van der Waals surface area contributed by atoms with E-state index in [0.717, 1.165) is 28.4 Å². The highest BCUT2D eigenvalue weighted by Crippen LogP contribution is 2.38. The van der Waals surface area contributed by atoms with E-state index in [2.05, 4.69) is 192 Å². The van der Waals surface area contributed by atoms with E-state index in [4.69, 9.17) is 0 Å². The number of rotatable bonds is 8. The molecular formula is C46H34N2. The first-order valence-electron chi connectivity index (χ1n) is 16.3. The second-order valence-corrected chi connectivity index (χ2v) is 12.0. The first-order chi connectivity index (χ1) is 23.8. The molecule has 0 atom stereocenters. The summed E-state index contributed by atoms with van der Waals surface area (Å²) in [6, 6.07) is 71.3. The lowest BCUT2D eigenvalue weighted by molar-refractivity contribution is 1.29. The standard InChI is InChI=1S/C46H34N2/c1-4-12-34(13-5-1)39-30-40(36-20-25-43(26-21-36)47-42-16-6-2-7-17-42)32-41(31-39)37-22-27-45(28-23-37)48(44-18-8-3-9-19-44)46-29-24-35-14-10-11-15-38(35)33-46/h1-33,47H. The van der Waals surface area contributed by atoms with Crippen molar-refractivity contribution >= 4 is 39.2 Å². The molecule has 8 rings (SSSR count). The topological polar surface area (TPSA) is 15.3 Å². The zero-order valence-corrected chi connectivity index (χ0v) is 26.5. The van der Waals surface area contributed by atoms with E-state index in [0.29, 0.717) is 0 Å². The molecule has 0 aliphatic rings. The molecule has 0 spiro atoms. The van der Waals surface area contributed by atoms with E-state index in [9.17, 15) is 0 Å². The first-order valence-corrected chi connectivity index (χ1v) is 16.3. The molecule has 0 heterocycles. The lowest BCUT2D eigenvalue weighted by Crippen LogP contribution is -2.09. The summed E-state index contributed by atoms with van der Waals surface area (Å²) in [5.41, 5.74) is 12.6. The van der Waals surface area contributed by atoms with Crippen molar-refractivity contribution in [3.63, 3.8) is 0 Å². The van der Waals surface area contributed by atoms with E-state index in [1.165, 1.54) is 44.2 Å². The number of para-hydroxylation sites is 2. The van der Waals surface area contributed by atoms with Gasteiger partial charge in [-0.05, 0) is 123 Å². The second-order valence-electron chi connectivity index (χ2n) is 12.0. The number of anilines is 5. The Morgan fingerprint density at radius 2 is 0.708 bits per heavy atom. The van der Waals surface area contributed by atoms with Crippen LogP contribution in [0, 0.1) is 0 Å². The van der Waals surface area contributed by atoms with Gasteiger partial charge in [-0.1, -0.05) is 121 Å². The Balaban J connectivity index is 1.16. The van der Waals surface area contributed by atoms with Crippen LogP contribution in [0.3, 0.4) is 0 Å².